The molecule has 0 amide bonds. The number of aryl methyl sites for hydroxylation is 1. The number of hydrogen-bond acceptors (Lipinski definition) is 3. The van der Waals surface area contributed by atoms with Crippen LogP contribution in [0.2, 0.25) is 5.02 Å². The van der Waals surface area contributed by atoms with E-state index >= 15 is 0 Å². The fourth-order valence-corrected chi connectivity index (χ4v) is 3.17. The Morgan fingerprint density at radius 2 is 2.26 bits per heavy atom. The Morgan fingerprint density at radius 3 is 2.89 bits per heavy atom. The van der Waals surface area contributed by atoms with Crippen LogP contribution in [0, 0.1) is 12.8 Å². The first-order valence-electron chi connectivity index (χ1n) is 5.91. The number of carboxylic acid groups (broad SMARTS) is 1. The zero-order valence-corrected chi connectivity index (χ0v) is 12.3. The van der Waals surface area contributed by atoms with Crippen LogP contribution in [0.3, 0.4) is 0 Å². The second-order valence-corrected chi connectivity index (χ2v) is 6.08. The standard InChI is InChI=1S/C14H14ClNO2S/c1-8-3-4-11(12(15)5-8)13-16-7-10(19-13)6-9(2)14(17)18/h3-5,7,9H,6H2,1-2H3,(H,17,18). The largest absolute Gasteiger partial charge is 0.481 e. The van der Waals surface area contributed by atoms with Gasteiger partial charge in [0.05, 0.1) is 10.9 Å². The molecule has 19 heavy (non-hydrogen) atoms. The monoisotopic (exact) mass is 295 g/mol. The number of hydrogen-bond donors (Lipinski definition) is 1. The highest BCUT2D eigenvalue weighted by Gasteiger charge is 2.15. The van der Waals surface area contributed by atoms with Gasteiger partial charge < -0.3 is 5.11 Å². The van der Waals surface area contributed by atoms with Crippen molar-refractivity contribution < 1.29 is 9.90 Å². The van der Waals surface area contributed by atoms with E-state index in [-0.39, 0.29) is 0 Å². The van der Waals surface area contributed by atoms with Gasteiger partial charge in [0.25, 0.3) is 0 Å². The Hall–Kier alpha value is -1.39. The third-order valence-corrected chi connectivity index (χ3v) is 4.20. The first-order valence-corrected chi connectivity index (χ1v) is 7.11. The molecule has 1 atom stereocenters. The highest BCUT2D eigenvalue weighted by Crippen LogP contribution is 2.32. The van der Waals surface area contributed by atoms with Crippen molar-refractivity contribution in [2.75, 3.05) is 0 Å². The molecule has 100 valence electrons. The molecule has 2 rings (SSSR count). The maximum absolute atomic E-state index is 10.8. The predicted molar refractivity (Wildman–Crippen MR) is 77.8 cm³/mol. The molecule has 0 bridgehead atoms. The van der Waals surface area contributed by atoms with Crippen LogP contribution in [0.1, 0.15) is 17.4 Å². The lowest BCUT2D eigenvalue weighted by molar-refractivity contribution is -0.141. The second-order valence-electron chi connectivity index (χ2n) is 4.56. The zero-order valence-electron chi connectivity index (χ0n) is 10.7. The molecule has 0 saturated heterocycles. The van der Waals surface area contributed by atoms with Crippen molar-refractivity contribution in [2.45, 2.75) is 20.3 Å². The maximum Gasteiger partial charge on any atom is 0.306 e. The van der Waals surface area contributed by atoms with Crippen LogP contribution in [0.25, 0.3) is 10.6 Å². The second kappa shape index (κ2) is 5.72. The maximum atomic E-state index is 10.8. The number of rotatable bonds is 4. The number of benzene rings is 1. The molecule has 1 N–H and O–H groups in total. The average molecular weight is 296 g/mol. The van der Waals surface area contributed by atoms with Crippen LogP contribution in [0.4, 0.5) is 0 Å². The van der Waals surface area contributed by atoms with E-state index in [2.05, 4.69) is 4.98 Å². The van der Waals surface area contributed by atoms with Crippen LogP contribution in [0.15, 0.2) is 24.4 Å². The summed E-state index contributed by atoms with van der Waals surface area (Å²) in [6, 6.07) is 5.83. The van der Waals surface area contributed by atoms with Gasteiger partial charge in [-0.2, -0.15) is 0 Å². The molecule has 0 saturated carbocycles. The van der Waals surface area contributed by atoms with Gasteiger partial charge in [-0.1, -0.05) is 30.7 Å². The Balaban J connectivity index is 2.23. The number of aliphatic carboxylic acids is 1. The fourth-order valence-electron chi connectivity index (χ4n) is 1.71. The van der Waals surface area contributed by atoms with E-state index < -0.39 is 11.9 Å². The molecule has 1 aromatic heterocycles. The smallest absolute Gasteiger partial charge is 0.306 e. The van der Waals surface area contributed by atoms with E-state index in [0.29, 0.717) is 11.4 Å². The van der Waals surface area contributed by atoms with Gasteiger partial charge in [0.1, 0.15) is 5.01 Å². The molecule has 0 aliphatic rings. The van der Waals surface area contributed by atoms with Crippen LogP contribution in [-0.4, -0.2) is 16.1 Å². The van der Waals surface area contributed by atoms with Crippen molar-refractivity contribution in [3.63, 3.8) is 0 Å². The summed E-state index contributed by atoms with van der Waals surface area (Å²) in [4.78, 5) is 16.1. The van der Waals surface area contributed by atoms with Crippen molar-refractivity contribution in [3.05, 3.63) is 39.9 Å². The fraction of sp³-hybridized carbons (Fsp3) is 0.286. The van der Waals surface area contributed by atoms with E-state index in [1.54, 1.807) is 13.1 Å². The van der Waals surface area contributed by atoms with Crippen molar-refractivity contribution in [1.29, 1.82) is 0 Å². The summed E-state index contributed by atoms with van der Waals surface area (Å²) in [5.74, 6) is -1.19. The van der Waals surface area contributed by atoms with Crippen molar-refractivity contribution >= 4 is 28.9 Å². The highest BCUT2D eigenvalue weighted by atomic mass is 35.5. The third kappa shape index (κ3) is 3.33. The van der Waals surface area contributed by atoms with Gasteiger partial charge in [-0.3, -0.25) is 4.79 Å². The Kier molecular flexibility index (Phi) is 4.22. The number of aromatic nitrogens is 1. The molecule has 0 radical (unpaired) electrons. The summed E-state index contributed by atoms with van der Waals surface area (Å²) in [6.07, 6.45) is 2.23. The molecule has 0 aliphatic carbocycles. The van der Waals surface area contributed by atoms with Gasteiger partial charge in [0.2, 0.25) is 0 Å². The Labute approximate surface area is 120 Å². The number of carbonyl (C=O) groups is 1. The van der Waals surface area contributed by atoms with Crippen LogP contribution >= 0.6 is 22.9 Å². The lowest BCUT2D eigenvalue weighted by Crippen LogP contribution is -2.11. The molecule has 3 nitrogen and oxygen atoms in total. The van der Waals surface area contributed by atoms with Crippen LogP contribution < -0.4 is 0 Å². The van der Waals surface area contributed by atoms with Crippen molar-refractivity contribution in [3.8, 4) is 10.6 Å². The van der Waals surface area contributed by atoms with Gasteiger partial charge in [0, 0.05) is 16.6 Å². The number of thiazole rings is 1. The molecular formula is C14H14ClNO2S. The third-order valence-electron chi connectivity index (χ3n) is 2.84. The lowest BCUT2D eigenvalue weighted by Gasteiger charge is -2.02. The summed E-state index contributed by atoms with van der Waals surface area (Å²) >= 11 is 7.69. The molecule has 2 aromatic rings. The average Bonchev–Trinajstić information content (AvgIpc) is 2.77. The quantitative estimate of drug-likeness (QED) is 0.926. The van der Waals surface area contributed by atoms with Crippen molar-refractivity contribution in [2.24, 2.45) is 5.92 Å². The van der Waals surface area contributed by atoms with Gasteiger partial charge in [-0.05, 0) is 25.0 Å². The number of nitrogens with zero attached hydrogens (tertiary/aromatic N) is 1. The van der Waals surface area contributed by atoms with Gasteiger partial charge >= 0.3 is 5.97 Å². The summed E-state index contributed by atoms with van der Waals surface area (Å²) in [7, 11) is 0. The summed E-state index contributed by atoms with van der Waals surface area (Å²) in [6.45, 7) is 3.68. The van der Waals surface area contributed by atoms with Gasteiger partial charge in [0.15, 0.2) is 0 Å². The van der Waals surface area contributed by atoms with E-state index in [1.165, 1.54) is 11.3 Å². The van der Waals surface area contributed by atoms with Gasteiger partial charge in [-0.25, -0.2) is 4.98 Å². The molecule has 0 spiro atoms. The predicted octanol–water partition coefficient (Wildman–Crippen LogP) is 4.04. The van der Waals surface area contributed by atoms with E-state index in [9.17, 15) is 4.79 Å². The highest BCUT2D eigenvalue weighted by molar-refractivity contribution is 7.15. The van der Waals surface area contributed by atoms with Crippen LogP contribution in [0.5, 0.6) is 0 Å². The number of carboxylic acids is 1. The first-order chi connectivity index (χ1) is 8.97. The first kappa shape index (κ1) is 14.0. The molecule has 0 aliphatic heterocycles. The minimum Gasteiger partial charge on any atom is -0.481 e. The Bertz CT molecular complexity index is 609. The molecule has 0 fully saturated rings. The minimum absolute atomic E-state index is 0.401. The van der Waals surface area contributed by atoms with Crippen molar-refractivity contribution in [1.82, 2.24) is 4.98 Å². The zero-order chi connectivity index (χ0) is 14.0. The SMILES string of the molecule is Cc1ccc(-c2ncc(CC(C)C(=O)O)s2)c(Cl)c1. The lowest BCUT2D eigenvalue weighted by atomic mass is 10.1. The summed E-state index contributed by atoms with van der Waals surface area (Å²) in [5, 5.41) is 10.4. The molecular weight excluding hydrogens is 282 g/mol. The van der Waals surface area contributed by atoms with E-state index in [0.717, 1.165) is 21.0 Å². The minimum atomic E-state index is -0.789. The van der Waals surface area contributed by atoms with E-state index in [1.807, 2.05) is 25.1 Å². The topological polar surface area (TPSA) is 50.2 Å². The summed E-state index contributed by atoms with van der Waals surface area (Å²) < 4.78 is 0. The van der Waals surface area contributed by atoms with E-state index in [4.69, 9.17) is 16.7 Å². The summed E-state index contributed by atoms with van der Waals surface area (Å²) in [5.41, 5.74) is 2.00. The normalized spacial score (nSPS) is 12.4. The van der Waals surface area contributed by atoms with Gasteiger partial charge in [-0.15, -0.1) is 11.3 Å². The molecule has 1 heterocycles. The Morgan fingerprint density at radius 1 is 1.53 bits per heavy atom. The number of halogens is 1. The van der Waals surface area contributed by atoms with Crippen LogP contribution in [-0.2, 0) is 11.2 Å². The molecule has 5 heteroatoms. The molecule has 1 unspecified atom stereocenters. The molecule has 1 aromatic carbocycles.